The number of nitrogens with one attached hydrogen (secondary N) is 1. The van der Waals surface area contributed by atoms with Gasteiger partial charge in [-0.1, -0.05) is 37.6 Å². The molecule has 172 valence electrons. The molecule has 1 N–H and O–H groups in total. The van der Waals surface area contributed by atoms with E-state index in [9.17, 15) is 18.0 Å². The van der Waals surface area contributed by atoms with Gasteiger partial charge in [-0.15, -0.1) is 6.58 Å². The van der Waals surface area contributed by atoms with E-state index in [0.29, 0.717) is 10.7 Å². The lowest BCUT2D eigenvalue weighted by Crippen LogP contribution is -2.38. The Hall–Kier alpha value is -2.84. The predicted octanol–water partition coefficient (Wildman–Crippen LogP) is 4.04. The van der Waals surface area contributed by atoms with Crippen molar-refractivity contribution in [3.8, 4) is 0 Å². The summed E-state index contributed by atoms with van der Waals surface area (Å²) in [6, 6.07) is 11.7. The molecule has 1 atom stereocenters. The van der Waals surface area contributed by atoms with E-state index < -0.39 is 28.5 Å². The molecule has 0 aromatic heterocycles. The normalized spacial score (nSPS) is 12.2. The van der Waals surface area contributed by atoms with Crippen LogP contribution in [0.25, 0.3) is 0 Å². The van der Waals surface area contributed by atoms with Gasteiger partial charge in [0.15, 0.2) is 6.61 Å². The molecule has 2 aromatic rings. The Balaban J connectivity index is 2.20. The van der Waals surface area contributed by atoms with Crippen LogP contribution < -0.4 is 9.62 Å². The number of sulfonamides is 1. The molecule has 0 unspecified atom stereocenters. The number of hydrogen-bond acceptors (Lipinski definition) is 5. The Labute approximate surface area is 194 Å². The van der Waals surface area contributed by atoms with Crippen molar-refractivity contribution < 1.29 is 22.7 Å². The highest BCUT2D eigenvalue weighted by Gasteiger charge is 2.25. The maximum Gasteiger partial charge on any atom is 0.338 e. The number of ether oxygens (including phenoxy) is 1. The summed E-state index contributed by atoms with van der Waals surface area (Å²) < 4.78 is 32.7. The van der Waals surface area contributed by atoms with E-state index in [1.54, 1.807) is 24.3 Å². The fraction of sp³-hybridized carbons (Fsp3) is 0.304. The number of hydrogen-bond donors (Lipinski definition) is 1. The van der Waals surface area contributed by atoms with E-state index >= 15 is 0 Å². The van der Waals surface area contributed by atoms with Crippen LogP contribution in [0.3, 0.4) is 0 Å². The van der Waals surface area contributed by atoms with Gasteiger partial charge in [0, 0.05) is 11.1 Å². The minimum atomic E-state index is -4.01. The number of rotatable bonds is 10. The highest BCUT2D eigenvalue weighted by Crippen LogP contribution is 2.26. The number of anilines is 1. The van der Waals surface area contributed by atoms with E-state index in [-0.39, 0.29) is 29.0 Å². The number of esters is 1. The van der Waals surface area contributed by atoms with Gasteiger partial charge in [-0.05, 0) is 55.3 Å². The first-order valence-corrected chi connectivity index (χ1v) is 11.8. The van der Waals surface area contributed by atoms with E-state index in [2.05, 4.69) is 11.9 Å². The highest BCUT2D eigenvalue weighted by atomic mass is 35.5. The molecule has 0 heterocycles. The van der Waals surface area contributed by atoms with Gasteiger partial charge in [-0.2, -0.15) is 0 Å². The molecule has 1 amide bonds. The minimum Gasteiger partial charge on any atom is -0.452 e. The molecule has 0 aliphatic carbocycles. The SMILES string of the molecule is C=CCN(c1ccc(Cl)cc1)S(=O)(=O)c1cccc(C(=O)OCC(=O)N[C@@H](C)C(C)C)c1. The van der Waals surface area contributed by atoms with Crippen LogP contribution in [0.15, 0.2) is 66.1 Å². The first kappa shape index (κ1) is 25.4. The molecule has 0 fully saturated rings. The summed E-state index contributed by atoms with van der Waals surface area (Å²) in [6.07, 6.45) is 1.46. The Bertz CT molecular complexity index is 1070. The molecule has 0 aliphatic rings. The van der Waals surface area contributed by atoms with Crippen molar-refractivity contribution in [2.45, 2.75) is 31.7 Å². The lowest BCUT2D eigenvalue weighted by molar-refractivity contribution is -0.125. The van der Waals surface area contributed by atoms with Crippen molar-refractivity contribution in [3.63, 3.8) is 0 Å². The fourth-order valence-corrected chi connectivity index (χ4v) is 4.26. The van der Waals surface area contributed by atoms with Crippen LogP contribution in [-0.2, 0) is 19.6 Å². The maximum absolute atomic E-state index is 13.3. The van der Waals surface area contributed by atoms with E-state index in [1.165, 1.54) is 30.3 Å². The largest absolute Gasteiger partial charge is 0.452 e. The number of carbonyl (C=O) groups excluding carboxylic acids is 2. The second kappa shape index (κ2) is 11.2. The Kier molecular flexibility index (Phi) is 8.86. The average molecular weight is 479 g/mol. The topological polar surface area (TPSA) is 92.8 Å². The third-order valence-electron chi connectivity index (χ3n) is 4.79. The van der Waals surface area contributed by atoms with Gasteiger partial charge in [0.05, 0.1) is 22.7 Å². The summed E-state index contributed by atoms with van der Waals surface area (Å²) >= 11 is 5.91. The van der Waals surface area contributed by atoms with Gasteiger partial charge in [-0.3, -0.25) is 9.10 Å². The first-order valence-electron chi connectivity index (χ1n) is 10.0. The number of amides is 1. The lowest BCUT2D eigenvalue weighted by atomic mass is 10.1. The van der Waals surface area contributed by atoms with Crippen molar-refractivity contribution >= 4 is 39.2 Å². The van der Waals surface area contributed by atoms with E-state index in [1.807, 2.05) is 20.8 Å². The van der Waals surface area contributed by atoms with E-state index in [0.717, 1.165) is 4.31 Å². The van der Waals surface area contributed by atoms with Crippen LogP contribution >= 0.6 is 11.6 Å². The van der Waals surface area contributed by atoms with Crippen molar-refractivity contribution in [2.24, 2.45) is 5.92 Å². The van der Waals surface area contributed by atoms with Crippen molar-refractivity contribution in [3.05, 3.63) is 71.8 Å². The molecule has 0 spiro atoms. The molecule has 9 heteroatoms. The molecule has 0 aliphatic heterocycles. The molecule has 2 aromatic carbocycles. The highest BCUT2D eigenvalue weighted by molar-refractivity contribution is 7.92. The number of nitrogens with zero attached hydrogens (tertiary/aromatic N) is 1. The van der Waals surface area contributed by atoms with Gasteiger partial charge < -0.3 is 10.1 Å². The van der Waals surface area contributed by atoms with E-state index in [4.69, 9.17) is 16.3 Å². The van der Waals surface area contributed by atoms with Gasteiger partial charge in [-0.25, -0.2) is 13.2 Å². The average Bonchev–Trinajstić information content (AvgIpc) is 2.76. The standard InChI is InChI=1S/C23H27ClN2O5S/c1-5-13-26(20-11-9-19(24)10-12-20)32(29,30)21-8-6-7-18(14-21)23(28)31-15-22(27)25-17(4)16(2)3/h5-12,14,16-17H,1,13,15H2,2-4H3,(H,25,27)/t17-/m0/s1. The zero-order chi connectivity index (χ0) is 23.9. The Morgan fingerprint density at radius 1 is 1.16 bits per heavy atom. The third kappa shape index (κ3) is 6.58. The van der Waals surface area contributed by atoms with Crippen molar-refractivity contribution in [1.82, 2.24) is 5.32 Å². The Morgan fingerprint density at radius 2 is 1.81 bits per heavy atom. The third-order valence-corrected chi connectivity index (χ3v) is 6.83. The maximum atomic E-state index is 13.3. The summed E-state index contributed by atoms with van der Waals surface area (Å²) in [4.78, 5) is 24.3. The predicted molar refractivity (Wildman–Crippen MR) is 125 cm³/mol. The van der Waals surface area contributed by atoms with Crippen molar-refractivity contribution in [1.29, 1.82) is 0 Å². The molecular formula is C23H27ClN2O5S. The van der Waals surface area contributed by atoms with Crippen LogP contribution in [0.5, 0.6) is 0 Å². The van der Waals surface area contributed by atoms with Gasteiger partial charge in [0.2, 0.25) is 0 Å². The lowest BCUT2D eigenvalue weighted by Gasteiger charge is -2.23. The zero-order valence-electron chi connectivity index (χ0n) is 18.2. The monoisotopic (exact) mass is 478 g/mol. The summed E-state index contributed by atoms with van der Waals surface area (Å²) in [6.45, 7) is 8.96. The molecule has 0 saturated carbocycles. The van der Waals surface area contributed by atoms with Crippen LogP contribution in [-0.4, -0.2) is 39.5 Å². The smallest absolute Gasteiger partial charge is 0.338 e. The molecule has 0 bridgehead atoms. The zero-order valence-corrected chi connectivity index (χ0v) is 19.8. The second-order valence-electron chi connectivity index (χ2n) is 7.51. The van der Waals surface area contributed by atoms with Crippen molar-refractivity contribution in [2.75, 3.05) is 17.5 Å². The molecule has 0 radical (unpaired) electrons. The van der Waals surface area contributed by atoms with Gasteiger partial charge in [0.25, 0.3) is 15.9 Å². The minimum absolute atomic E-state index is 0.0189. The van der Waals surface area contributed by atoms with Crippen LogP contribution in [0.4, 0.5) is 5.69 Å². The van der Waals surface area contributed by atoms with Gasteiger partial charge in [0.1, 0.15) is 0 Å². The summed E-state index contributed by atoms with van der Waals surface area (Å²) in [5.41, 5.74) is 0.420. The number of benzene rings is 2. The summed E-state index contributed by atoms with van der Waals surface area (Å²) in [5.74, 6) is -0.991. The van der Waals surface area contributed by atoms with Gasteiger partial charge >= 0.3 is 5.97 Å². The number of carbonyl (C=O) groups is 2. The Morgan fingerprint density at radius 3 is 2.41 bits per heavy atom. The molecular weight excluding hydrogens is 452 g/mol. The first-order chi connectivity index (χ1) is 15.1. The van der Waals surface area contributed by atoms with Crippen LogP contribution in [0, 0.1) is 5.92 Å². The molecule has 7 nitrogen and oxygen atoms in total. The van der Waals surface area contributed by atoms with Crippen LogP contribution in [0.2, 0.25) is 5.02 Å². The molecule has 2 rings (SSSR count). The van der Waals surface area contributed by atoms with Crippen LogP contribution in [0.1, 0.15) is 31.1 Å². The number of halogens is 1. The molecule has 32 heavy (non-hydrogen) atoms. The molecule has 0 saturated heterocycles. The summed E-state index contributed by atoms with van der Waals surface area (Å²) in [5, 5.41) is 3.21. The fourth-order valence-electron chi connectivity index (χ4n) is 2.65. The second-order valence-corrected chi connectivity index (χ2v) is 9.80. The quantitative estimate of drug-likeness (QED) is 0.411. The summed E-state index contributed by atoms with van der Waals surface area (Å²) in [7, 11) is -4.01.